The third-order valence-electron chi connectivity index (χ3n) is 5.33. The summed E-state index contributed by atoms with van der Waals surface area (Å²) in [4.78, 5) is 22.1. The molecule has 33 heavy (non-hydrogen) atoms. The highest BCUT2D eigenvalue weighted by Gasteiger charge is 2.34. The molecule has 1 unspecified atom stereocenters. The van der Waals surface area contributed by atoms with Crippen LogP contribution in [-0.2, 0) is 4.79 Å². The summed E-state index contributed by atoms with van der Waals surface area (Å²) in [5, 5.41) is 21.2. The first kappa shape index (κ1) is 20.7. The van der Waals surface area contributed by atoms with Crippen LogP contribution in [0.2, 0.25) is 5.02 Å². The molecular weight excluding hydrogens is 440 g/mol. The first-order valence-electron chi connectivity index (χ1n) is 10.2. The van der Waals surface area contributed by atoms with Crippen LogP contribution in [0.5, 0.6) is 5.75 Å². The van der Waals surface area contributed by atoms with Crippen LogP contribution in [0.4, 0.5) is 11.6 Å². The van der Waals surface area contributed by atoms with Crippen molar-refractivity contribution in [2.45, 2.75) is 13.0 Å². The Labute approximate surface area is 194 Å². The van der Waals surface area contributed by atoms with Crippen molar-refractivity contribution < 1.29 is 9.90 Å². The second-order valence-corrected chi connectivity index (χ2v) is 8.00. The van der Waals surface area contributed by atoms with Crippen LogP contribution in [0.25, 0.3) is 11.4 Å². The third kappa shape index (κ3) is 4.04. The first-order valence-corrected chi connectivity index (χ1v) is 10.6. The molecule has 0 radical (unpaired) electrons. The number of halogens is 1. The molecule has 2 aromatic heterocycles. The number of nitrogens with zero attached hydrogens (tertiary/aromatic N) is 4. The Morgan fingerprint density at radius 2 is 1.88 bits per heavy atom. The Bertz CT molecular complexity index is 1350. The maximum atomic E-state index is 13.4. The van der Waals surface area contributed by atoms with Gasteiger partial charge in [0.2, 0.25) is 5.95 Å². The summed E-state index contributed by atoms with van der Waals surface area (Å²) < 4.78 is 1.68. The lowest BCUT2D eigenvalue weighted by atomic mass is 9.95. The summed E-state index contributed by atoms with van der Waals surface area (Å²) in [5.41, 5.74) is 3.28. The van der Waals surface area contributed by atoms with Crippen molar-refractivity contribution in [3.63, 3.8) is 0 Å². The smallest absolute Gasteiger partial charge is 0.255 e. The number of hydrogen-bond acceptors (Lipinski definition) is 6. The van der Waals surface area contributed by atoms with E-state index >= 15 is 0 Å². The standard InChI is InChI=1S/C24H19ClN6O2/c1-14-20(23(33)28-18-3-2-12-26-13-18)21(15-6-10-19(32)11-7-15)31-24(27-14)29-22(30-31)16-4-8-17(25)9-5-16/h2-13,21,32H,1H3,(H,28,33)(H,27,29,30). The molecule has 8 nitrogen and oxygen atoms in total. The van der Waals surface area contributed by atoms with Crippen molar-refractivity contribution in [3.8, 4) is 17.1 Å². The average molecular weight is 459 g/mol. The van der Waals surface area contributed by atoms with E-state index in [9.17, 15) is 9.90 Å². The number of aromatic nitrogens is 4. The topological polar surface area (TPSA) is 105 Å². The molecule has 9 heteroatoms. The number of anilines is 2. The highest BCUT2D eigenvalue weighted by atomic mass is 35.5. The second kappa shape index (κ2) is 8.40. The molecule has 164 valence electrons. The molecule has 3 heterocycles. The Morgan fingerprint density at radius 1 is 1.12 bits per heavy atom. The number of phenols is 1. The Morgan fingerprint density at radius 3 is 2.58 bits per heavy atom. The van der Waals surface area contributed by atoms with Crippen LogP contribution in [0, 0.1) is 0 Å². The van der Waals surface area contributed by atoms with Crippen molar-refractivity contribution in [3.05, 3.63) is 94.9 Å². The van der Waals surface area contributed by atoms with E-state index in [2.05, 4.69) is 20.6 Å². The number of aromatic hydroxyl groups is 1. The lowest BCUT2D eigenvalue weighted by molar-refractivity contribution is -0.113. The molecule has 1 amide bonds. The van der Waals surface area contributed by atoms with Gasteiger partial charge >= 0.3 is 0 Å². The molecule has 0 aliphatic carbocycles. The quantitative estimate of drug-likeness (QED) is 0.412. The van der Waals surface area contributed by atoms with Gasteiger partial charge in [0.15, 0.2) is 5.82 Å². The highest BCUT2D eigenvalue weighted by molar-refractivity contribution is 6.30. The summed E-state index contributed by atoms with van der Waals surface area (Å²) in [7, 11) is 0. The molecule has 0 saturated heterocycles. The van der Waals surface area contributed by atoms with Gasteiger partial charge in [0.05, 0.1) is 17.5 Å². The first-order chi connectivity index (χ1) is 16.0. The minimum Gasteiger partial charge on any atom is -0.508 e. The van der Waals surface area contributed by atoms with Crippen molar-refractivity contribution >= 4 is 29.1 Å². The van der Waals surface area contributed by atoms with E-state index in [4.69, 9.17) is 16.7 Å². The van der Waals surface area contributed by atoms with Gasteiger partial charge in [0, 0.05) is 22.5 Å². The van der Waals surface area contributed by atoms with Gasteiger partial charge in [-0.15, -0.1) is 5.10 Å². The fourth-order valence-electron chi connectivity index (χ4n) is 3.77. The lowest BCUT2D eigenvalue weighted by Gasteiger charge is -2.28. The summed E-state index contributed by atoms with van der Waals surface area (Å²) >= 11 is 6.02. The van der Waals surface area contributed by atoms with E-state index in [1.807, 2.05) is 19.1 Å². The molecule has 0 bridgehead atoms. The molecule has 4 aromatic rings. The summed E-state index contributed by atoms with van der Waals surface area (Å²) in [6.45, 7) is 1.83. The van der Waals surface area contributed by atoms with Crippen LogP contribution in [0.3, 0.4) is 0 Å². The number of carbonyl (C=O) groups is 1. The Balaban J connectivity index is 1.60. The maximum Gasteiger partial charge on any atom is 0.255 e. The van der Waals surface area contributed by atoms with Crippen molar-refractivity contribution in [2.75, 3.05) is 10.6 Å². The predicted molar refractivity (Wildman–Crippen MR) is 126 cm³/mol. The van der Waals surface area contributed by atoms with Crippen LogP contribution < -0.4 is 10.6 Å². The molecule has 5 rings (SSSR count). The molecule has 2 aromatic carbocycles. The van der Waals surface area contributed by atoms with Crippen LogP contribution in [0.15, 0.2) is 84.3 Å². The normalized spacial score (nSPS) is 15.0. The van der Waals surface area contributed by atoms with Gasteiger partial charge < -0.3 is 15.7 Å². The minimum absolute atomic E-state index is 0.135. The molecular formula is C24H19ClN6O2. The van der Waals surface area contributed by atoms with E-state index < -0.39 is 6.04 Å². The molecule has 0 spiro atoms. The molecule has 3 N–H and O–H groups in total. The van der Waals surface area contributed by atoms with E-state index in [0.717, 1.165) is 11.1 Å². The molecule has 0 fully saturated rings. The fraction of sp³-hybridized carbons (Fsp3) is 0.0833. The average Bonchev–Trinajstić information content (AvgIpc) is 3.23. The number of hydrogen-bond donors (Lipinski definition) is 3. The van der Waals surface area contributed by atoms with Gasteiger partial charge in [-0.3, -0.25) is 9.78 Å². The predicted octanol–water partition coefficient (Wildman–Crippen LogP) is 4.63. The number of nitrogens with one attached hydrogen (secondary N) is 2. The lowest BCUT2D eigenvalue weighted by Crippen LogP contribution is -2.31. The van der Waals surface area contributed by atoms with E-state index in [-0.39, 0.29) is 11.7 Å². The Kier molecular flexibility index (Phi) is 5.27. The van der Waals surface area contributed by atoms with Gasteiger partial charge in [0.25, 0.3) is 5.91 Å². The number of allylic oxidation sites excluding steroid dienone is 1. The molecule has 1 aliphatic rings. The van der Waals surface area contributed by atoms with Crippen molar-refractivity contribution in [2.24, 2.45) is 0 Å². The molecule has 0 saturated carbocycles. The Hall–Kier alpha value is -4.17. The number of fused-ring (bicyclic) bond motifs is 1. The number of pyridine rings is 1. The highest BCUT2D eigenvalue weighted by Crippen LogP contribution is 2.37. The minimum atomic E-state index is -0.563. The second-order valence-electron chi connectivity index (χ2n) is 7.56. The number of amides is 1. The summed E-state index contributed by atoms with van der Waals surface area (Å²) in [5.74, 6) is 0.851. The van der Waals surface area contributed by atoms with Crippen LogP contribution >= 0.6 is 11.6 Å². The summed E-state index contributed by atoms with van der Waals surface area (Å²) in [6, 6.07) is 16.9. The zero-order chi connectivity index (χ0) is 22.9. The molecule has 1 atom stereocenters. The van der Waals surface area contributed by atoms with E-state index in [0.29, 0.717) is 33.8 Å². The van der Waals surface area contributed by atoms with E-state index in [1.54, 1.807) is 65.6 Å². The largest absolute Gasteiger partial charge is 0.508 e. The van der Waals surface area contributed by atoms with Gasteiger partial charge in [-0.1, -0.05) is 23.7 Å². The van der Waals surface area contributed by atoms with Gasteiger partial charge in [0.1, 0.15) is 11.8 Å². The number of carbonyl (C=O) groups excluding carboxylic acids is 1. The zero-order valence-electron chi connectivity index (χ0n) is 17.5. The van der Waals surface area contributed by atoms with E-state index in [1.165, 1.54) is 0 Å². The van der Waals surface area contributed by atoms with Crippen molar-refractivity contribution in [1.29, 1.82) is 0 Å². The third-order valence-corrected chi connectivity index (χ3v) is 5.58. The van der Waals surface area contributed by atoms with Crippen molar-refractivity contribution in [1.82, 2.24) is 19.7 Å². The maximum absolute atomic E-state index is 13.4. The van der Waals surface area contributed by atoms with Gasteiger partial charge in [-0.2, -0.15) is 4.98 Å². The molecule has 1 aliphatic heterocycles. The SMILES string of the molecule is CC1=C(C(=O)Nc2cccnc2)C(c2ccc(O)cc2)n2nc(-c3ccc(Cl)cc3)nc2N1. The zero-order valence-corrected chi connectivity index (χ0v) is 18.3. The number of phenolic OH excluding ortho intramolecular Hbond substituents is 1. The van der Waals surface area contributed by atoms with Crippen LogP contribution in [-0.4, -0.2) is 30.8 Å². The van der Waals surface area contributed by atoms with Crippen LogP contribution in [0.1, 0.15) is 18.5 Å². The van der Waals surface area contributed by atoms with Gasteiger partial charge in [-0.25, -0.2) is 4.68 Å². The fourth-order valence-corrected chi connectivity index (χ4v) is 3.89. The monoisotopic (exact) mass is 458 g/mol. The summed E-state index contributed by atoms with van der Waals surface area (Å²) in [6.07, 6.45) is 3.22. The number of rotatable bonds is 4. The number of benzene rings is 2. The van der Waals surface area contributed by atoms with Gasteiger partial charge in [-0.05, 0) is 61.0 Å².